The summed E-state index contributed by atoms with van der Waals surface area (Å²) >= 11 is 6.05. The fraction of sp³-hybridized carbons (Fsp3) is 0.538. The highest BCUT2D eigenvalue weighted by Gasteiger charge is 2.20. The lowest BCUT2D eigenvalue weighted by Crippen LogP contribution is -2.04. The average molecular weight is 240 g/mol. The number of ether oxygens (including phenoxy) is 1. The maximum atomic E-state index is 6.05. The Morgan fingerprint density at radius 2 is 2.19 bits per heavy atom. The molecule has 0 aliphatic heterocycles. The van der Waals surface area contributed by atoms with Gasteiger partial charge in [-0.05, 0) is 30.9 Å². The summed E-state index contributed by atoms with van der Waals surface area (Å²) in [6.07, 6.45) is 4.06. The van der Waals surface area contributed by atoms with E-state index >= 15 is 0 Å². The quantitative estimate of drug-likeness (QED) is 0.842. The van der Waals surface area contributed by atoms with Gasteiger partial charge in [-0.1, -0.05) is 24.4 Å². The van der Waals surface area contributed by atoms with Crippen molar-refractivity contribution in [2.75, 3.05) is 19.0 Å². The first kappa shape index (κ1) is 11.6. The zero-order chi connectivity index (χ0) is 11.5. The van der Waals surface area contributed by atoms with Crippen molar-refractivity contribution in [3.05, 3.63) is 22.7 Å². The van der Waals surface area contributed by atoms with Gasteiger partial charge in [-0.2, -0.15) is 0 Å². The molecule has 2 rings (SSSR count). The van der Waals surface area contributed by atoms with Gasteiger partial charge in [0.2, 0.25) is 0 Å². The van der Waals surface area contributed by atoms with Crippen molar-refractivity contribution in [3.63, 3.8) is 0 Å². The van der Waals surface area contributed by atoms with Gasteiger partial charge in [-0.25, -0.2) is 0 Å². The lowest BCUT2D eigenvalue weighted by atomic mass is 10.2. The normalized spacial score (nSPS) is 14.9. The zero-order valence-electron chi connectivity index (χ0n) is 9.85. The summed E-state index contributed by atoms with van der Waals surface area (Å²) in [5.74, 6) is 1.78. The molecular weight excluding hydrogens is 222 g/mol. The number of benzene rings is 1. The number of hydrogen-bond acceptors (Lipinski definition) is 2. The van der Waals surface area contributed by atoms with E-state index in [1.165, 1.54) is 19.3 Å². The van der Waals surface area contributed by atoms with Crippen LogP contribution in [-0.2, 0) is 0 Å². The molecule has 16 heavy (non-hydrogen) atoms. The Hall–Kier alpha value is -0.890. The van der Waals surface area contributed by atoms with Crippen LogP contribution in [0.1, 0.15) is 24.8 Å². The average Bonchev–Trinajstić information content (AvgIpc) is 3.07. The van der Waals surface area contributed by atoms with E-state index in [0.29, 0.717) is 0 Å². The van der Waals surface area contributed by atoms with Crippen LogP contribution in [0.3, 0.4) is 0 Å². The molecule has 1 fully saturated rings. The summed E-state index contributed by atoms with van der Waals surface area (Å²) in [6.45, 7) is 3.02. The van der Waals surface area contributed by atoms with Gasteiger partial charge in [0.15, 0.2) is 0 Å². The van der Waals surface area contributed by atoms with E-state index < -0.39 is 0 Å². The molecule has 0 amide bonds. The minimum absolute atomic E-state index is 0.754. The van der Waals surface area contributed by atoms with Gasteiger partial charge in [0.05, 0.1) is 12.8 Å². The molecule has 0 bridgehead atoms. The Bertz CT molecular complexity index is 374. The highest BCUT2D eigenvalue weighted by atomic mass is 35.5. The van der Waals surface area contributed by atoms with Gasteiger partial charge in [0, 0.05) is 17.6 Å². The number of rotatable bonds is 5. The molecule has 1 aliphatic rings. The van der Waals surface area contributed by atoms with E-state index in [1.807, 2.05) is 19.1 Å². The minimum Gasteiger partial charge on any atom is -0.495 e. The second-order valence-electron chi connectivity index (χ2n) is 4.46. The van der Waals surface area contributed by atoms with Gasteiger partial charge in [0.25, 0.3) is 0 Å². The first-order valence-electron chi connectivity index (χ1n) is 5.78. The molecule has 0 saturated heterocycles. The molecule has 0 spiro atoms. The molecule has 1 aliphatic carbocycles. The molecule has 0 atom stereocenters. The van der Waals surface area contributed by atoms with Crippen molar-refractivity contribution in [3.8, 4) is 5.75 Å². The third-order valence-corrected chi connectivity index (χ3v) is 3.45. The number of nitrogens with one attached hydrogen (secondary N) is 1. The van der Waals surface area contributed by atoms with Crippen LogP contribution in [0.2, 0.25) is 5.02 Å². The summed E-state index contributed by atoms with van der Waals surface area (Å²) in [4.78, 5) is 0. The van der Waals surface area contributed by atoms with E-state index in [2.05, 4.69) is 5.32 Å². The van der Waals surface area contributed by atoms with Crippen molar-refractivity contribution in [1.82, 2.24) is 0 Å². The number of anilines is 1. The van der Waals surface area contributed by atoms with Crippen LogP contribution >= 0.6 is 11.6 Å². The molecule has 1 aromatic carbocycles. The van der Waals surface area contributed by atoms with Crippen molar-refractivity contribution in [1.29, 1.82) is 0 Å². The summed E-state index contributed by atoms with van der Waals surface area (Å²) in [7, 11) is 1.67. The van der Waals surface area contributed by atoms with E-state index in [4.69, 9.17) is 16.3 Å². The Balaban J connectivity index is 2.01. The van der Waals surface area contributed by atoms with Crippen molar-refractivity contribution in [2.24, 2.45) is 5.92 Å². The fourth-order valence-electron chi connectivity index (χ4n) is 1.79. The molecule has 2 nitrogen and oxygen atoms in total. The third-order valence-electron chi connectivity index (χ3n) is 3.05. The Labute approximate surface area is 102 Å². The molecule has 0 aromatic heterocycles. The molecule has 0 radical (unpaired) electrons. The first-order valence-corrected chi connectivity index (χ1v) is 6.16. The number of halogens is 1. The molecular formula is C13H18ClNO. The third kappa shape index (κ3) is 2.82. The maximum absolute atomic E-state index is 6.05. The SMILES string of the molecule is COc1cc(Cl)c(C)cc1NCCC1CC1. The van der Waals surface area contributed by atoms with Gasteiger partial charge in [-0.15, -0.1) is 0 Å². The first-order chi connectivity index (χ1) is 7.70. The van der Waals surface area contributed by atoms with E-state index in [1.54, 1.807) is 7.11 Å². The molecule has 0 unspecified atom stereocenters. The molecule has 1 aromatic rings. The van der Waals surface area contributed by atoms with Crippen LogP contribution in [0.25, 0.3) is 0 Å². The van der Waals surface area contributed by atoms with E-state index in [9.17, 15) is 0 Å². The molecule has 1 N–H and O–H groups in total. The van der Waals surface area contributed by atoms with Crippen LogP contribution < -0.4 is 10.1 Å². The van der Waals surface area contributed by atoms with Crippen molar-refractivity contribution >= 4 is 17.3 Å². The van der Waals surface area contributed by atoms with Gasteiger partial charge >= 0.3 is 0 Å². The zero-order valence-corrected chi connectivity index (χ0v) is 10.6. The second-order valence-corrected chi connectivity index (χ2v) is 4.87. The topological polar surface area (TPSA) is 21.3 Å². The van der Waals surface area contributed by atoms with Crippen molar-refractivity contribution < 1.29 is 4.74 Å². The summed E-state index contributed by atoms with van der Waals surface area (Å²) < 4.78 is 5.31. The summed E-state index contributed by atoms with van der Waals surface area (Å²) in [5.41, 5.74) is 2.13. The number of hydrogen-bond donors (Lipinski definition) is 1. The van der Waals surface area contributed by atoms with Gasteiger partial charge < -0.3 is 10.1 Å². The predicted octanol–water partition coefficient (Wildman–Crippen LogP) is 3.87. The van der Waals surface area contributed by atoms with Crippen LogP contribution in [0.4, 0.5) is 5.69 Å². The van der Waals surface area contributed by atoms with Crippen LogP contribution in [0, 0.1) is 12.8 Å². The van der Waals surface area contributed by atoms with Crippen LogP contribution in [0.15, 0.2) is 12.1 Å². The standard InChI is InChI=1S/C13H18ClNO/c1-9-7-12(13(16-2)8-11(9)14)15-6-5-10-3-4-10/h7-8,10,15H,3-6H2,1-2H3. The van der Waals surface area contributed by atoms with Crippen LogP contribution in [-0.4, -0.2) is 13.7 Å². The maximum Gasteiger partial charge on any atom is 0.143 e. The number of methoxy groups -OCH3 is 1. The predicted molar refractivity (Wildman–Crippen MR) is 68.6 cm³/mol. The second kappa shape index (κ2) is 4.96. The highest BCUT2D eigenvalue weighted by molar-refractivity contribution is 6.31. The molecule has 1 saturated carbocycles. The lowest BCUT2D eigenvalue weighted by Gasteiger charge is -2.12. The Morgan fingerprint density at radius 3 is 2.81 bits per heavy atom. The monoisotopic (exact) mass is 239 g/mol. The van der Waals surface area contributed by atoms with Crippen LogP contribution in [0.5, 0.6) is 5.75 Å². The molecule has 3 heteroatoms. The summed E-state index contributed by atoms with van der Waals surface area (Å²) in [6, 6.07) is 3.92. The smallest absolute Gasteiger partial charge is 0.143 e. The minimum atomic E-state index is 0.754. The van der Waals surface area contributed by atoms with Gasteiger partial charge in [-0.3, -0.25) is 0 Å². The highest BCUT2D eigenvalue weighted by Crippen LogP contribution is 2.34. The summed E-state index contributed by atoms with van der Waals surface area (Å²) in [5, 5.41) is 4.17. The number of aryl methyl sites for hydroxylation is 1. The van der Waals surface area contributed by atoms with Gasteiger partial charge in [0.1, 0.15) is 5.75 Å². The van der Waals surface area contributed by atoms with E-state index in [-0.39, 0.29) is 0 Å². The van der Waals surface area contributed by atoms with E-state index in [0.717, 1.165) is 34.5 Å². The largest absolute Gasteiger partial charge is 0.495 e. The fourth-order valence-corrected chi connectivity index (χ4v) is 1.94. The van der Waals surface area contributed by atoms with Crippen molar-refractivity contribution in [2.45, 2.75) is 26.2 Å². The molecule has 0 heterocycles. The Morgan fingerprint density at radius 1 is 1.44 bits per heavy atom. The lowest BCUT2D eigenvalue weighted by molar-refractivity contribution is 0.416. The Kier molecular flexibility index (Phi) is 3.59. The molecule has 88 valence electrons.